The minimum Gasteiger partial charge on any atom is -0.438 e. The molecule has 17 heavy (non-hydrogen) atoms. The molecule has 0 amide bonds. The molecule has 0 fully saturated rings. The molecule has 0 aliphatic heterocycles. The summed E-state index contributed by atoms with van der Waals surface area (Å²) in [6, 6.07) is 5.61. The zero-order valence-electron chi connectivity index (χ0n) is 8.75. The fourth-order valence-corrected chi connectivity index (χ4v) is 1.77. The van der Waals surface area contributed by atoms with Gasteiger partial charge in [0.25, 0.3) is 0 Å². The van der Waals surface area contributed by atoms with Gasteiger partial charge in [-0.1, -0.05) is 11.6 Å². The first-order chi connectivity index (χ1) is 8.04. The van der Waals surface area contributed by atoms with Crippen LogP contribution < -0.4 is 4.74 Å². The lowest BCUT2D eigenvalue weighted by molar-refractivity contribution is 0.452. The van der Waals surface area contributed by atoms with Gasteiger partial charge in [-0.15, -0.1) is 0 Å². The largest absolute Gasteiger partial charge is 0.438 e. The number of aromatic nitrogens is 2. The second kappa shape index (κ2) is 4.98. The molecule has 0 radical (unpaired) electrons. The lowest BCUT2D eigenvalue weighted by Gasteiger charge is -2.07. The van der Waals surface area contributed by atoms with Gasteiger partial charge in [0.05, 0.1) is 4.47 Å². The molecule has 88 valence electrons. The standard InChI is InChI=1S/C11H7BrClFN2O/c1-6-15-10(13)5-11(16-6)17-9-4-7(14)2-3-8(9)12/h2-5H,1H3. The number of hydrogen-bond acceptors (Lipinski definition) is 3. The van der Waals surface area contributed by atoms with Crippen molar-refractivity contribution in [2.45, 2.75) is 6.92 Å². The summed E-state index contributed by atoms with van der Waals surface area (Å²) in [5.74, 6) is 0.702. The van der Waals surface area contributed by atoms with E-state index >= 15 is 0 Å². The van der Waals surface area contributed by atoms with Gasteiger partial charge < -0.3 is 4.74 Å². The molecule has 0 saturated carbocycles. The van der Waals surface area contributed by atoms with Gasteiger partial charge in [0.1, 0.15) is 22.5 Å². The van der Waals surface area contributed by atoms with Crippen molar-refractivity contribution in [2.75, 3.05) is 0 Å². The van der Waals surface area contributed by atoms with E-state index in [4.69, 9.17) is 16.3 Å². The van der Waals surface area contributed by atoms with Crippen molar-refractivity contribution in [1.82, 2.24) is 9.97 Å². The normalized spacial score (nSPS) is 10.4. The Morgan fingerprint density at radius 3 is 2.76 bits per heavy atom. The van der Waals surface area contributed by atoms with Gasteiger partial charge >= 0.3 is 0 Å². The van der Waals surface area contributed by atoms with Gasteiger partial charge in [-0.05, 0) is 35.0 Å². The Morgan fingerprint density at radius 2 is 2.06 bits per heavy atom. The average Bonchev–Trinajstić information content (AvgIpc) is 2.22. The third-order valence-corrected chi connectivity index (χ3v) is 2.74. The SMILES string of the molecule is Cc1nc(Cl)cc(Oc2cc(F)ccc2Br)n1. The molecule has 2 aromatic rings. The molecule has 1 aromatic carbocycles. The molecule has 3 nitrogen and oxygen atoms in total. The Labute approximate surface area is 111 Å². The fraction of sp³-hybridized carbons (Fsp3) is 0.0909. The van der Waals surface area contributed by atoms with Crippen molar-refractivity contribution in [3.63, 3.8) is 0 Å². The third-order valence-electron chi connectivity index (χ3n) is 1.89. The van der Waals surface area contributed by atoms with E-state index in [0.29, 0.717) is 16.0 Å². The number of ether oxygens (including phenoxy) is 1. The molecule has 0 bridgehead atoms. The zero-order valence-corrected chi connectivity index (χ0v) is 11.1. The number of rotatable bonds is 2. The smallest absolute Gasteiger partial charge is 0.224 e. The van der Waals surface area contributed by atoms with Crippen LogP contribution in [0.4, 0.5) is 4.39 Å². The molecule has 6 heteroatoms. The molecule has 1 heterocycles. The van der Waals surface area contributed by atoms with Gasteiger partial charge in [-0.25, -0.2) is 9.37 Å². The van der Waals surface area contributed by atoms with Crippen LogP contribution in [0.5, 0.6) is 11.6 Å². The molecule has 0 unspecified atom stereocenters. The molecule has 0 aliphatic carbocycles. The first-order valence-corrected chi connectivity index (χ1v) is 5.86. The number of aryl methyl sites for hydroxylation is 1. The van der Waals surface area contributed by atoms with Crippen LogP contribution in [-0.4, -0.2) is 9.97 Å². The molecule has 0 saturated heterocycles. The minimum atomic E-state index is -0.389. The summed E-state index contributed by atoms with van der Waals surface area (Å²) in [6.45, 7) is 1.69. The monoisotopic (exact) mass is 316 g/mol. The highest BCUT2D eigenvalue weighted by Crippen LogP contribution is 2.30. The van der Waals surface area contributed by atoms with Crippen molar-refractivity contribution in [2.24, 2.45) is 0 Å². The summed E-state index contributed by atoms with van der Waals surface area (Å²) in [7, 11) is 0. The number of nitrogens with zero attached hydrogens (tertiary/aromatic N) is 2. The summed E-state index contributed by atoms with van der Waals surface area (Å²) in [5.41, 5.74) is 0. The predicted molar refractivity (Wildman–Crippen MR) is 66.0 cm³/mol. The molecule has 0 N–H and O–H groups in total. The summed E-state index contributed by atoms with van der Waals surface area (Å²) in [4.78, 5) is 7.94. The average molecular weight is 318 g/mol. The van der Waals surface area contributed by atoms with Gasteiger partial charge in [-0.2, -0.15) is 4.98 Å². The first kappa shape index (κ1) is 12.3. The van der Waals surface area contributed by atoms with Crippen molar-refractivity contribution in [3.8, 4) is 11.6 Å². The van der Waals surface area contributed by atoms with Crippen LogP contribution in [0.25, 0.3) is 0 Å². The van der Waals surface area contributed by atoms with Crippen LogP contribution >= 0.6 is 27.5 Å². The Hall–Kier alpha value is -1.20. The highest BCUT2D eigenvalue weighted by molar-refractivity contribution is 9.10. The van der Waals surface area contributed by atoms with Crippen molar-refractivity contribution >= 4 is 27.5 Å². The molecule has 1 aromatic heterocycles. The molecular formula is C11H7BrClFN2O. The maximum absolute atomic E-state index is 13.0. The summed E-state index contributed by atoms with van der Waals surface area (Å²) < 4.78 is 19.1. The van der Waals surface area contributed by atoms with E-state index in [1.165, 1.54) is 18.2 Å². The quantitative estimate of drug-likeness (QED) is 0.781. The third kappa shape index (κ3) is 3.14. The Kier molecular flexibility index (Phi) is 3.59. The van der Waals surface area contributed by atoms with Crippen LogP contribution in [0.3, 0.4) is 0 Å². The lowest BCUT2D eigenvalue weighted by atomic mass is 10.3. The fourth-order valence-electron chi connectivity index (χ4n) is 1.23. The molecule has 0 spiro atoms. The van der Waals surface area contributed by atoms with Crippen LogP contribution in [0.15, 0.2) is 28.7 Å². The first-order valence-electron chi connectivity index (χ1n) is 4.69. The second-order valence-electron chi connectivity index (χ2n) is 3.25. The van der Waals surface area contributed by atoms with E-state index < -0.39 is 0 Å². The maximum atomic E-state index is 13.0. The zero-order chi connectivity index (χ0) is 12.4. The van der Waals surface area contributed by atoms with Crippen LogP contribution in [0.1, 0.15) is 5.82 Å². The Bertz CT molecular complexity index is 545. The van der Waals surface area contributed by atoms with E-state index in [1.54, 1.807) is 13.0 Å². The number of halogens is 3. The predicted octanol–water partition coefficient (Wildman–Crippen LogP) is 4.13. The lowest BCUT2D eigenvalue weighted by Crippen LogP contribution is -1.94. The summed E-state index contributed by atoms with van der Waals surface area (Å²) in [5, 5.41) is 0.278. The van der Waals surface area contributed by atoms with E-state index in [9.17, 15) is 4.39 Å². The Morgan fingerprint density at radius 1 is 1.29 bits per heavy atom. The molecule has 0 atom stereocenters. The number of benzene rings is 1. The van der Waals surface area contributed by atoms with Gasteiger partial charge in [0.2, 0.25) is 5.88 Å². The number of hydrogen-bond donors (Lipinski definition) is 0. The van der Waals surface area contributed by atoms with E-state index in [-0.39, 0.29) is 16.9 Å². The van der Waals surface area contributed by atoms with Crippen LogP contribution in [0, 0.1) is 12.7 Å². The topological polar surface area (TPSA) is 35.0 Å². The van der Waals surface area contributed by atoms with E-state index in [0.717, 1.165) is 0 Å². The van der Waals surface area contributed by atoms with Crippen molar-refractivity contribution in [3.05, 3.63) is 45.5 Å². The molecular weight excluding hydrogens is 310 g/mol. The maximum Gasteiger partial charge on any atom is 0.224 e. The van der Waals surface area contributed by atoms with Gasteiger partial charge in [0, 0.05) is 12.1 Å². The molecule has 0 aliphatic rings. The van der Waals surface area contributed by atoms with Crippen molar-refractivity contribution in [1.29, 1.82) is 0 Å². The minimum absolute atomic E-state index is 0.272. The molecule has 2 rings (SSSR count). The van der Waals surface area contributed by atoms with Crippen molar-refractivity contribution < 1.29 is 9.13 Å². The van der Waals surface area contributed by atoms with Gasteiger partial charge in [-0.3, -0.25) is 0 Å². The summed E-state index contributed by atoms with van der Waals surface area (Å²) in [6.07, 6.45) is 0. The second-order valence-corrected chi connectivity index (χ2v) is 4.49. The highest BCUT2D eigenvalue weighted by Gasteiger charge is 2.07. The van der Waals surface area contributed by atoms with E-state index in [2.05, 4.69) is 25.9 Å². The van der Waals surface area contributed by atoms with Crippen LogP contribution in [0.2, 0.25) is 5.15 Å². The Balaban J connectivity index is 2.34. The summed E-state index contributed by atoms with van der Waals surface area (Å²) >= 11 is 9.03. The van der Waals surface area contributed by atoms with Crippen LogP contribution in [-0.2, 0) is 0 Å². The van der Waals surface area contributed by atoms with Gasteiger partial charge in [0.15, 0.2) is 0 Å². The highest BCUT2D eigenvalue weighted by atomic mass is 79.9. The van der Waals surface area contributed by atoms with E-state index in [1.807, 2.05) is 0 Å².